The topological polar surface area (TPSA) is 19.5 Å². The van der Waals surface area contributed by atoms with Crippen LogP contribution in [0.25, 0.3) is 21.8 Å². The minimum Gasteiger partial charge on any atom is -0.351 e. The van der Waals surface area contributed by atoms with Gasteiger partial charge in [-0.3, -0.25) is 0 Å². The second-order valence-corrected chi connectivity index (χ2v) is 9.01. The maximum Gasteiger partial charge on any atom is 0.214 e. The zero-order valence-corrected chi connectivity index (χ0v) is 18.8. The fraction of sp³-hybridized carbons (Fsp3) is 0.417. The number of para-hydroxylation sites is 2. The summed E-state index contributed by atoms with van der Waals surface area (Å²) < 4.78 is 2.27. The van der Waals surface area contributed by atoms with Crippen LogP contribution in [0.4, 0.5) is 5.69 Å². The molecule has 0 N–H and O–H groups in total. The highest BCUT2D eigenvalue weighted by Gasteiger charge is 2.20. The summed E-state index contributed by atoms with van der Waals surface area (Å²) in [6.07, 6.45) is 2.14. The second-order valence-electron chi connectivity index (χ2n) is 8.23. The minimum absolute atomic E-state index is 0.596. The Labute approximate surface area is 173 Å². The maximum atomic E-state index is 5.27. The third kappa shape index (κ3) is 4.33. The Morgan fingerprint density at radius 1 is 0.893 bits per heavy atom. The molecule has 0 unspecified atom stereocenters. The van der Waals surface area contributed by atoms with Gasteiger partial charge in [-0.05, 0) is 30.2 Å². The van der Waals surface area contributed by atoms with Crippen LogP contribution in [-0.4, -0.2) is 29.4 Å². The standard InChI is InChI=1S/C24H32N3S/c1-17(2)15-27(16-18(3)4)24(28-6)25-23-19-11-7-9-13-21(19)26(5)22-14-10-8-12-20(22)23/h7-14,17-18H,15-16H2,1-6H3/q+1. The predicted octanol–water partition coefficient (Wildman–Crippen LogP) is 5.78. The van der Waals surface area contributed by atoms with E-state index in [0.29, 0.717) is 11.8 Å². The van der Waals surface area contributed by atoms with Gasteiger partial charge in [0.1, 0.15) is 7.05 Å². The molecule has 0 spiro atoms. The number of fused-ring (bicyclic) bond motifs is 2. The number of amidine groups is 1. The number of nitrogens with zero attached hydrogens (tertiary/aromatic N) is 3. The van der Waals surface area contributed by atoms with E-state index in [1.807, 2.05) is 0 Å². The molecule has 1 aromatic heterocycles. The highest BCUT2D eigenvalue weighted by Crippen LogP contribution is 2.33. The molecule has 0 atom stereocenters. The van der Waals surface area contributed by atoms with Gasteiger partial charge < -0.3 is 4.90 Å². The van der Waals surface area contributed by atoms with E-state index in [9.17, 15) is 0 Å². The van der Waals surface area contributed by atoms with E-state index in [-0.39, 0.29) is 0 Å². The van der Waals surface area contributed by atoms with Crippen molar-refractivity contribution in [1.29, 1.82) is 0 Å². The number of rotatable bonds is 5. The van der Waals surface area contributed by atoms with E-state index < -0.39 is 0 Å². The Balaban J connectivity index is 2.26. The van der Waals surface area contributed by atoms with E-state index in [4.69, 9.17) is 4.99 Å². The Hall–Kier alpha value is -2.07. The lowest BCUT2D eigenvalue weighted by atomic mass is 10.1. The molecule has 0 aliphatic carbocycles. The molecule has 2 aromatic carbocycles. The summed E-state index contributed by atoms with van der Waals surface area (Å²) >= 11 is 1.75. The first-order valence-electron chi connectivity index (χ1n) is 10.1. The molecule has 3 nitrogen and oxygen atoms in total. The number of hydrogen-bond acceptors (Lipinski definition) is 2. The van der Waals surface area contributed by atoms with Crippen molar-refractivity contribution in [3.05, 3.63) is 48.5 Å². The Morgan fingerprint density at radius 3 is 1.79 bits per heavy atom. The average molecular weight is 395 g/mol. The molecule has 0 saturated carbocycles. The predicted molar refractivity (Wildman–Crippen MR) is 124 cm³/mol. The van der Waals surface area contributed by atoms with Crippen molar-refractivity contribution in [2.75, 3.05) is 19.3 Å². The summed E-state index contributed by atoms with van der Waals surface area (Å²) in [5, 5.41) is 3.50. The lowest BCUT2D eigenvalue weighted by molar-refractivity contribution is -0.617. The van der Waals surface area contributed by atoms with Gasteiger partial charge >= 0.3 is 0 Å². The van der Waals surface area contributed by atoms with E-state index in [1.165, 1.54) is 21.8 Å². The van der Waals surface area contributed by atoms with Crippen LogP contribution >= 0.6 is 11.8 Å². The van der Waals surface area contributed by atoms with Gasteiger partial charge in [0, 0.05) is 25.2 Å². The van der Waals surface area contributed by atoms with Crippen molar-refractivity contribution >= 4 is 44.4 Å². The fourth-order valence-electron chi connectivity index (χ4n) is 3.78. The molecule has 3 aromatic rings. The molecule has 0 saturated heterocycles. The molecule has 3 rings (SSSR count). The Morgan fingerprint density at radius 2 is 1.36 bits per heavy atom. The van der Waals surface area contributed by atoms with Gasteiger partial charge in [0.05, 0.1) is 16.5 Å². The van der Waals surface area contributed by atoms with Crippen LogP contribution in [0.15, 0.2) is 53.5 Å². The number of hydrogen-bond donors (Lipinski definition) is 0. The highest BCUT2D eigenvalue weighted by molar-refractivity contribution is 8.13. The van der Waals surface area contributed by atoms with Crippen molar-refractivity contribution < 1.29 is 4.57 Å². The van der Waals surface area contributed by atoms with Gasteiger partial charge in [0.2, 0.25) is 11.0 Å². The first-order valence-corrected chi connectivity index (χ1v) is 11.3. The van der Waals surface area contributed by atoms with E-state index in [0.717, 1.165) is 23.9 Å². The van der Waals surface area contributed by atoms with Crippen molar-refractivity contribution in [3.8, 4) is 0 Å². The van der Waals surface area contributed by atoms with Crippen molar-refractivity contribution in [1.82, 2.24) is 4.90 Å². The van der Waals surface area contributed by atoms with Gasteiger partial charge in [-0.2, -0.15) is 4.57 Å². The molecule has 1 heterocycles. The van der Waals surface area contributed by atoms with E-state index >= 15 is 0 Å². The summed E-state index contributed by atoms with van der Waals surface area (Å²) in [7, 11) is 2.14. The quantitative estimate of drug-likeness (QED) is 0.236. The first-order chi connectivity index (χ1) is 13.4. The van der Waals surface area contributed by atoms with E-state index in [1.54, 1.807) is 11.8 Å². The third-order valence-corrected chi connectivity index (χ3v) is 5.59. The SMILES string of the molecule is CSC(=Nc1c2ccccc2[n+](C)c2ccccc12)N(CC(C)C)CC(C)C. The lowest BCUT2D eigenvalue weighted by Crippen LogP contribution is -2.35. The van der Waals surface area contributed by atoms with Crippen LogP contribution in [-0.2, 0) is 7.05 Å². The average Bonchev–Trinajstić information content (AvgIpc) is 2.67. The molecule has 0 aliphatic rings. The molecule has 0 fully saturated rings. The summed E-state index contributed by atoms with van der Waals surface area (Å²) in [4.78, 5) is 7.73. The smallest absolute Gasteiger partial charge is 0.214 e. The minimum atomic E-state index is 0.596. The van der Waals surface area contributed by atoms with Crippen LogP contribution in [0.5, 0.6) is 0 Å². The van der Waals surface area contributed by atoms with Crippen LogP contribution in [0.2, 0.25) is 0 Å². The van der Waals surface area contributed by atoms with Gasteiger partial charge in [0.25, 0.3) is 0 Å². The van der Waals surface area contributed by atoms with Crippen LogP contribution < -0.4 is 4.57 Å². The van der Waals surface area contributed by atoms with Crippen LogP contribution in [0.3, 0.4) is 0 Å². The monoisotopic (exact) mass is 394 g/mol. The fourth-order valence-corrected chi connectivity index (χ4v) is 4.37. The molecule has 4 heteroatoms. The zero-order chi connectivity index (χ0) is 20.3. The Kier molecular flexibility index (Phi) is 6.61. The number of aliphatic imine (C=N–C) groups is 1. The number of thioether (sulfide) groups is 1. The van der Waals surface area contributed by atoms with E-state index in [2.05, 4.69) is 99.0 Å². The largest absolute Gasteiger partial charge is 0.351 e. The summed E-state index contributed by atoms with van der Waals surface area (Å²) in [5.41, 5.74) is 3.49. The molecule has 148 valence electrons. The normalized spacial score (nSPS) is 12.5. The summed E-state index contributed by atoms with van der Waals surface area (Å²) in [6, 6.07) is 17.2. The summed E-state index contributed by atoms with van der Waals surface area (Å²) in [6.45, 7) is 11.1. The first kappa shape index (κ1) is 20.7. The maximum absolute atomic E-state index is 5.27. The number of pyridine rings is 1. The van der Waals surface area contributed by atoms with Gasteiger partial charge in [0.15, 0.2) is 5.17 Å². The van der Waals surface area contributed by atoms with Crippen LogP contribution in [0, 0.1) is 11.8 Å². The molecular formula is C24H32N3S+. The Bertz CT molecular complexity index is 925. The highest BCUT2D eigenvalue weighted by atomic mass is 32.2. The molecule has 0 aliphatic heterocycles. The molecule has 0 radical (unpaired) electrons. The van der Waals surface area contributed by atoms with Gasteiger partial charge in [-0.25, -0.2) is 4.99 Å². The van der Waals surface area contributed by atoms with Crippen LogP contribution in [0.1, 0.15) is 27.7 Å². The molecule has 28 heavy (non-hydrogen) atoms. The van der Waals surface area contributed by atoms with Crippen molar-refractivity contribution in [3.63, 3.8) is 0 Å². The van der Waals surface area contributed by atoms with Crippen molar-refractivity contribution in [2.24, 2.45) is 23.9 Å². The lowest BCUT2D eigenvalue weighted by Gasteiger charge is -2.28. The number of aryl methyl sites for hydroxylation is 1. The number of benzene rings is 2. The molecule has 0 bridgehead atoms. The molecular weight excluding hydrogens is 362 g/mol. The van der Waals surface area contributed by atoms with Gasteiger partial charge in [-0.15, -0.1) is 0 Å². The van der Waals surface area contributed by atoms with Crippen molar-refractivity contribution in [2.45, 2.75) is 27.7 Å². The third-order valence-electron chi connectivity index (χ3n) is 4.87. The second kappa shape index (κ2) is 8.95. The summed E-state index contributed by atoms with van der Waals surface area (Å²) in [5.74, 6) is 1.19. The van der Waals surface area contributed by atoms with Gasteiger partial charge in [-0.1, -0.05) is 63.7 Å². The molecule has 0 amide bonds. The number of aromatic nitrogens is 1. The zero-order valence-electron chi connectivity index (χ0n) is 17.9.